The van der Waals surface area contributed by atoms with E-state index in [1.165, 1.54) is 10.8 Å². The molecule has 0 atom stereocenters. The van der Waals surface area contributed by atoms with Gasteiger partial charge in [-0.05, 0) is 17.9 Å². The van der Waals surface area contributed by atoms with E-state index in [0.29, 0.717) is 0 Å². The zero-order chi connectivity index (χ0) is 12.9. The highest BCUT2D eigenvalue weighted by Crippen LogP contribution is 2.06. The van der Waals surface area contributed by atoms with Crippen LogP contribution in [0.4, 0.5) is 0 Å². The predicted molar refractivity (Wildman–Crippen MR) is 78.5 cm³/mol. The molecule has 0 amide bonds. The van der Waals surface area contributed by atoms with Crippen molar-refractivity contribution in [2.24, 2.45) is 5.92 Å². The van der Waals surface area contributed by atoms with E-state index < -0.39 is 8.07 Å². The first-order valence-electron chi connectivity index (χ1n) is 6.57. The third-order valence-corrected chi connectivity index (χ3v) is 4.99. The Labute approximate surface area is 107 Å². The average molecular weight is 250 g/mol. The smallest absolute Gasteiger partial charge is 0.0775 e. The maximum atomic E-state index is 5.67. The molecule has 0 N–H and O–H groups in total. The van der Waals surface area contributed by atoms with Crippen LogP contribution in [0.25, 0.3) is 0 Å². The van der Waals surface area contributed by atoms with Crippen LogP contribution in [-0.4, -0.2) is 14.7 Å². The van der Waals surface area contributed by atoms with E-state index in [2.05, 4.69) is 57.8 Å². The highest BCUT2D eigenvalue weighted by Gasteiger charge is 2.15. The van der Waals surface area contributed by atoms with Crippen LogP contribution < -0.4 is 5.19 Å². The summed E-state index contributed by atoms with van der Waals surface area (Å²) in [4.78, 5) is 0. The second-order valence-electron chi connectivity index (χ2n) is 6.18. The third kappa shape index (κ3) is 5.51. The van der Waals surface area contributed by atoms with E-state index in [4.69, 9.17) is 4.74 Å². The number of ether oxygens (including phenoxy) is 1. The molecule has 1 nitrogen and oxygen atoms in total. The second-order valence-corrected chi connectivity index (χ2v) is 11.3. The number of benzene rings is 1. The van der Waals surface area contributed by atoms with Crippen LogP contribution in [-0.2, 0) is 11.3 Å². The van der Waals surface area contributed by atoms with Gasteiger partial charge in [-0.15, -0.1) is 0 Å². The standard InChI is InChI=1S/C15H26OSi/c1-13(2)10-11-16-12-14-6-8-15(9-7-14)17(3,4)5/h6-9,13H,10-12H2,1-5H3. The first-order chi connectivity index (χ1) is 7.89. The largest absolute Gasteiger partial charge is 0.377 e. The summed E-state index contributed by atoms with van der Waals surface area (Å²) < 4.78 is 5.67. The van der Waals surface area contributed by atoms with Gasteiger partial charge in [-0.1, -0.05) is 62.9 Å². The molecule has 0 saturated carbocycles. The van der Waals surface area contributed by atoms with E-state index in [9.17, 15) is 0 Å². The number of hydrogen-bond donors (Lipinski definition) is 0. The molecule has 2 heteroatoms. The van der Waals surface area contributed by atoms with Crippen LogP contribution in [0, 0.1) is 5.92 Å². The molecule has 1 rings (SSSR count). The van der Waals surface area contributed by atoms with Crippen LogP contribution in [0.2, 0.25) is 19.6 Å². The van der Waals surface area contributed by atoms with E-state index >= 15 is 0 Å². The minimum Gasteiger partial charge on any atom is -0.377 e. The Balaban J connectivity index is 2.41. The van der Waals surface area contributed by atoms with Gasteiger partial charge in [0.05, 0.1) is 14.7 Å². The average Bonchev–Trinajstić information content (AvgIpc) is 2.23. The van der Waals surface area contributed by atoms with Gasteiger partial charge in [-0.25, -0.2) is 0 Å². The third-order valence-electron chi connectivity index (χ3n) is 2.93. The molecule has 0 aliphatic carbocycles. The van der Waals surface area contributed by atoms with E-state index in [1.807, 2.05) is 0 Å². The fourth-order valence-electron chi connectivity index (χ4n) is 1.61. The Morgan fingerprint density at radius 2 is 1.65 bits per heavy atom. The first kappa shape index (κ1) is 14.5. The molecule has 1 aromatic carbocycles. The SMILES string of the molecule is CC(C)CCOCc1ccc([Si](C)(C)C)cc1. The van der Waals surface area contributed by atoms with Crippen molar-refractivity contribution in [2.45, 2.75) is 46.5 Å². The van der Waals surface area contributed by atoms with Gasteiger partial charge in [0.1, 0.15) is 0 Å². The van der Waals surface area contributed by atoms with Crippen LogP contribution in [0.3, 0.4) is 0 Å². The van der Waals surface area contributed by atoms with Crippen molar-refractivity contribution in [3.63, 3.8) is 0 Å². The normalized spacial score (nSPS) is 12.1. The Hall–Kier alpha value is -0.603. The molecule has 17 heavy (non-hydrogen) atoms. The van der Waals surface area contributed by atoms with Gasteiger partial charge in [0.15, 0.2) is 0 Å². The quantitative estimate of drug-likeness (QED) is 0.551. The maximum absolute atomic E-state index is 5.67. The van der Waals surface area contributed by atoms with Gasteiger partial charge in [-0.2, -0.15) is 0 Å². The lowest BCUT2D eigenvalue weighted by atomic mass is 10.1. The summed E-state index contributed by atoms with van der Waals surface area (Å²) in [5.74, 6) is 0.726. The molecular formula is C15H26OSi. The lowest BCUT2D eigenvalue weighted by Gasteiger charge is -2.16. The molecule has 0 unspecified atom stereocenters. The number of rotatable bonds is 6. The molecule has 0 aromatic heterocycles. The van der Waals surface area contributed by atoms with Crippen molar-refractivity contribution in [1.29, 1.82) is 0 Å². The molecule has 0 aliphatic heterocycles. The predicted octanol–water partition coefficient (Wildman–Crippen LogP) is 3.79. The summed E-state index contributed by atoms with van der Waals surface area (Å²) in [5.41, 5.74) is 1.29. The van der Waals surface area contributed by atoms with Crippen molar-refractivity contribution in [3.05, 3.63) is 29.8 Å². The first-order valence-corrected chi connectivity index (χ1v) is 10.1. The van der Waals surface area contributed by atoms with Gasteiger partial charge < -0.3 is 4.74 Å². The molecule has 0 heterocycles. The molecular weight excluding hydrogens is 224 g/mol. The van der Waals surface area contributed by atoms with Gasteiger partial charge in [0.2, 0.25) is 0 Å². The van der Waals surface area contributed by atoms with Gasteiger partial charge in [0, 0.05) is 6.61 Å². The van der Waals surface area contributed by atoms with E-state index in [-0.39, 0.29) is 0 Å². The topological polar surface area (TPSA) is 9.23 Å². The maximum Gasteiger partial charge on any atom is 0.0775 e. The molecule has 0 saturated heterocycles. The fourth-order valence-corrected chi connectivity index (χ4v) is 2.78. The molecule has 96 valence electrons. The van der Waals surface area contributed by atoms with Gasteiger partial charge >= 0.3 is 0 Å². The summed E-state index contributed by atoms with van der Waals surface area (Å²) in [6, 6.07) is 8.96. The summed E-state index contributed by atoms with van der Waals surface area (Å²) in [5, 5.41) is 1.52. The second kappa shape index (κ2) is 6.36. The summed E-state index contributed by atoms with van der Waals surface area (Å²) in [7, 11) is -1.15. The molecule has 0 aliphatic rings. The molecule has 0 radical (unpaired) electrons. The molecule has 0 bridgehead atoms. The lowest BCUT2D eigenvalue weighted by molar-refractivity contribution is 0.110. The Bertz CT molecular complexity index is 322. The Morgan fingerprint density at radius 3 is 2.12 bits per heavy atom. The number of hydrogen-bond acceptors (Lipinski definition) is 1. The minimum absolute atomic E-state index is 0.726. The molecule has 0 spiro atoms. The minimum atomic E-state index is -1.15. The van der Waals surface area contributed by atoms with Gasteiger partial charge in [-0.3, -0.25) is 0 Å². The zero-order valence-electron chi connectivity index (χ0n) is 11.9. The monoisotopic (exact) mass is 250 g/mol. The van der Waals surface area contributed by atoms with Crippen LogP contribution in [0.15, 0.2) is 24.3 Å². The van der Waals surface area contributed by atoms with Crippen LogP contribution in [0.1, 0.15) is 25.8 Å². The van der Waals surface area contributed by atoms with Crippen molar-refractivity contribution < 1.29 is 4.74 Å². The Morgan fingerprint density at radius 1 is 1.06 bits per heavy atom. The summed E-state index contributed by atoms with van der Waals surface area (Å²) >= 11 is 0. The molecule has 1 aromatic rings. The van der Waals surface area contributed by atoms with Crippen molar-refractivity contribution in [2.75, 3.05) is 6.61 Å². The lowest BCUT2D eigenvalue weighted by Crippen LogP contribution is -2.37. The molecule has 0 fully saturated rings. The highest BCUT2D eigenvalue weighted by atomic mass is 28.3. The van der Waals surface area contributed by atoms with Crippen molar-refractivity contribution >= 4 is 13.3 Å². The Kier molecular flexibility index (Phi) is 5.41. The fraction of sp³-hybridized carbons (Fsp3) is 0.600. The van der Waals surface area contributed by atoms with Crippen molar-refractivity contribution in [3.8, 4) is 0 Å². The summed E-state index contributed by atoms with van der Waals surface area (Å²) in [6.07, 6.45) is 1.15. The van der Waals surface area contributed by atoms with Crippen molar-refractivity contribution in [1.82, 2.24) is 0 Å². The van der Waals surface area contributed by atoms with Gasteiger partial charge in [0.25, 0.3) is 0 Å². The summed E-state index contributed by atoms with van der Waals surface area (Å²) in [6.45, 7) is 13.2. The van der Waals surface area contributed by atoms with Crippen LogP contribution in [0.5, 0.6) is 0 Å². The van der Waals surface area contributed by atoms with E-state index in [0.717, 1.165) is 25.6 Å². The van der Waals surface area contributed by atoms with Crippen LogP contribution >= 0.6 is 0 Å². The highest BCUT2D eigenvalue weighted by molar-refractivity contribution is 6.88. The van der Waals surface area contributed by atoms with E-state index in [1.54, 1.807) is 0 Å². The zero-order valence-corrected chi connectivity index (χ0v) is 12.9.